The normalized spacial score (nSPS) is 22.4. The summed E-state index contributed by atoms with van der Waals surface area (Å²) >= 11 is 0. The Balaban J connectivity index is 1.24. The highest BCUT2D eigenvalue weighted by molar-refractivity contribution is 6.01. The molecule has 7 nitrogen and oxygen atoms in total. The van der Waals surface area contributed by atoms with Crippen molar-refractivity contribution >= 4 is 16.8 Å². The van der Waals surface area contributed by atoms with Gasteiger partial charge in [0, 0.05) is 54.6 Å². The Hall–Kier alpha value is -3.78. The maximum atomic E-state index is 14.6. The van der Waals surface area contributed by atoms with Gasteiger partial charge >= 0.3 is 0 Å². The molecule has 1 unspecified atom stereocenters. The van der Waals surface area contributed by atoms with E-state index in [0.717, 1.165) is 80.5 Å². The molecule has 2 saturated carbocycles. The number of hydrogen-bond donors (Lipinski definition) is 1. The molecule has 2 saturated heterocycles. The van der Waals surface area contributed by atoms with Gasteiger partial charge in [0.05, 0.1) is 5.56 Å². The highest BCUT2D eigenvalue weighted by Crippen LogP contribution is 2.44. The number of aromatic nitrogens is 3. The van der Waals surface area contributed by atoms with Crippen molar-refractivity contribution in [3.05, 3.63) is 81.3 Å². The van der Waals surface area contributed by atoms with Crippen LogP contribution in [-0.4, -0.2) is 55.9 Å². The van der Waals surface area contributed by atoms with Crippen LogP contribution in [0.15, 0.2) is 47.4 Å². The molecule has 2 atom stereocenters. The van der Waals surface area contributed by atoms with Crippen molar-refractivity contribution in [1.29, 1.82) is 0 Å². The number of piperidine rings is 1. The van der Waals surface area contributed by atoms with Crippen LogP contribution >= 0.6 is 0 Å². The zero-order chi connectivity index (χ0) is 30.8. The SMILES string of the molecule is CC1CCCN1C(=O)c1cc(F)ccc1-c1cc(C2CC2)nc(-n2cc(C3CC3)c3cc(CN4CCC[C@H](C)C4)[nH]c3c2=O)c1. The number of H-pyrrole nitrogens is 1. The number of benzene rings is 1. The second-order valence-corrected chi connectivity index (χ2v) is 14.2. The molecule has 1 amide bonds. The van der Waals surface area contributed by atoms with E-state index in [0.29, 0.717) is 46.8 Å². The Kier molecular flexibility index (Phi) is 7.16. The lowest BCUT2D eigenvalue weighted by Crippen LogP contribution is -2.34. The number of aromatic amines is 1. The third kappa shape index (κ3) is 5.51. The molecule has 45 heavy (non-hydrogen) atoms. The van der Waals surface area contributed by atoms with Crippen LogP contribution in [0, 0.1) is 11.7 Å². The molecule has 234 valence electrons. The summed E-state index contributed by atoms with van der Waals surface area (Å²) in [5.74, 6) is 1.44. The van der Waals surface area contributed by atoms with E-state index in [1.807, 2.05) is 23.2 Å². The number of likely N-dealkylation sites (tertiary alicyclic amines) is 2. The van der Waals surface area contributed by atoms with Crippen molar-refractivity contribution in [2.24, 2.45) is 5.92 Å². The number of nitrogens with one attached hydrogen (secondary N) is 1. The smallest absolute Gasteiger partial charge is 0.280 e. The number of rotatable bonds is 7. The van der Waals surface area contributed by atoms with Crippen LogP contribution in [0.5, 0.6) is 0 Å². The van der Waals surface area contributed by atoms with Gasteiger partial charge in [-0.25, -0.2) is 9.37 Å². The van der Waals surface area contributed by atoms with Crippen LogP contribution in [0.25, 0.3) is 27.8 Å². The van der Waals surface area contributed by atoms with E-state index < -0.39 is 5.82 Å². The third-order valence-electron chi connectivity index (χ3n) is 10.4. The number of fused-ring (bicyclic) bond motifs is 1. The lowest BCUT2D eigenvalue weighted by atomic mass is 9.97. The summed E-state index contributed by atoms with van der Waals surface area (Å²) in [5, 5.41) is 1.03. The van der Waals surface area contributed by atoms with E-state index in [2.05, 4.69) is 29.8 Å². The van der Waals surface area contributed by atoms with E-state index in [9.17, 15) is 14.0 Å². The van der Waals surface area contributed by atoms with Crippen LogP contribution in [0.2, 0.25) is 0 Å². The topological polar surface area (TPSA) is 74.2 Å². The number of hydrogen-bond acceptors (Lipinski definition) is 4. The van der Waals surface area contributed by atoms with Gasteiger partial charge in [-0.2, -0.15) is 0 Å². The molecule has 1 aromatic carbocycles. The van der Waals surface area contributed by atoms with Crippen LogP contribution in [-0.2, 0) is 6.54 Å². The first kappa shape index (κ1) is 28.7. The van der Waals surface area contributed by atoms with Crippen molar-refractivity contribution in [3.8, 4) is 16.9 Å². The molecule has 2 aliphatic heterocycles. The standard InChI is InChI=1S/C37H42FN5O2/c1-22-5-3-13-41(19-22)20-28-18-30-32(24-7-8-24)21-43(37(45)35(30)39-28)34-16-26(15-33(40-34)25-9-10-25)29-12-11-27(38)17-31(29)36(44)42-14-4-6-23(42)2/h11-12,15-18,21-25,39H,3-10,13-14,19-20H2,1-2H3/t22-,23?/m0/s1. The molecule has 8 heteroatoms. The van der Waals surface area contributed by atoms with Crippen molar-refractivity contribution in [1.82, 2.24) is 24.3 Å². The van der Waals surface area contributed by atoms with Crippen molar-refractivity contribution < 1.29 is 9.18 Å². The molecule has 8 rings (SSSR count). The Morgan fingerprint density at radius 1 is 0.978 bits per heavy atom. The lowest BCUT2D eigenvalue weighted by molar-refractivity contribution is 0.0747. The number of nitrogens with zero attached hydrogens (tertiary/aromatic N) is 4. The van der Waals surface area contributed by atoms with Crippen molar-refractivity contribution in [3.63, 3.8) is 0 Å². The zero-order valence-electron chi connectivity index (χ0n) is 26.3. The summed E-state index contributed by atoms with van der Waals surface area (Å²) < 4.78 is 16.3. The summed E-state index contributed by atoms with van der Waals surface area (Å²) in [7, 11) is 0. The maximum Gasteiger partial charge on any atom is 0.280 e. The fourth-order valence-corrected chi connectivity index (χ4v) is 7.68. The number of amides is 1. The van der Waals surface area contributed by atoms with Crippen LogP contribution in [0.4, 0.5) is 4.39 Å². The average molecular weight is 608 g/mol. The van der Waals surface area contributed by atoms with Crippen LogP contribution in [0.3, 0.4) is 0 Å². The van der Waals surface area contributed by atoms with Gasteiger partial charge in [-0.15, -0.1) is 0 Å². The Labute approximate surface area is 263 Å². The minimum Gasteiger partial charge on any atom is -0.353 e. The summed E-state index contributed by atoms with van der Waals surface area (Å²) in [4.78, 5) is 40.9. The first-order valence-electron chi connectivity index (χ1n) is 16.9. The fraction of sp³-hybridized carbons (Fsp3) is 0.486. The quantitative estimate of drug-likeness (QED) is 0.243. The predicted octanol–water partition coefficient (Wildman–Crippen LogP) is 7.13. The van der Waals surface area contributed by atoms with Gasteiger partial charge in [-0.05, 0) is 124 Å². The number of pyridine rings is 2. The second kappa shape index (κ2) is 11.2. The molecule has 2 aliphatic carbocycles. The molecule has 0 bridgehead atoms. The van der Waals surface area contributed by atoms with Gasteiger partial charge in [-0.3, -0.25) is 19.1 Å². The summed E-state index contributed by atoms with van der Waals surface area (Å²) in [6, 6.07) is 10.8. The third-order valence-corrected chi connectivity index (χ3v) is 10.4. The van der Waals surface area contributed by atoms with Gasteiger partial charge in [-0.1, -0.05) is 13.0 Å². The van der Waals surface area contributed by atoms with E-state index in [1.165, 1.54) is 30.5 Å². The predicted molar refractivity (Wildman–Crippen MR) is 174 cm³/mol. The molecule has 4 aliphatic rings. The molecule has 3 aromatic heterocycles. The molecule has 5 heterocycles. The first-order valence-corrected chi connectivity index (χ1v) is 16.9. The summed E-state index contributed by atoms with van der Waals surface area (Å²) in [6.45, 7) is 8.04. The molecular formula is C37H42FN5O2. The van der Waals surface area contributed by atoms with Crippen molar-refractivity contribution in [2.75, 3.05) is 19.6 Å². The Morgan fingerprint density at radius 3 is 2.51 bits per heavy atom. The van der Waals surface area contributed by atoms with Crippen LogP contribution in [0.1, 0.15) is 104 Å². The fourth-order valence-electron chi connectivity index (χ4n) is 7.68. The highest BCUT2D eigenvalue weighted by atomic mass is 19.1. The number of carbonyl (C=O) groups excluding carboxylic acids is 1. The first-order chi connectivity index (χ1) is 21.8. The minimum absolute atomic E-state index is 0.111. The van der Waals surface area contributed by atoms with Crippen molar-refractivity contribution in [2.45, 2.75) is 89.6 Å². The highest BCUT2D eigenvalue weighted by Gasteiger charge is 2.32. The van der Waals surface area contributed by atoms with Gasteiger partial charge in [0.1, 0.15) is 17.2 Å². The summed E-state index contributed by atoms with van der Waals surface area (Å²) in [5.41, 5.74) is 5.57. The number of halogens is 1. The molecule has 4 fully saturated rings. The Bertz CT molecular complexity index is 1850. The molecular weight excluding hydrogens is 565 g/mol. The van der Waals surface area contributed by atoms with Gasteiger partial charge in [0.2, 0.25) is 0 Å². The van der Waals surface area contributed by atoms with E-state index in [1.54, 1.807) is 10.6 Å². The van der Waals surface area contributed by atoms with Gasteiger partial charge in [0.25, 0.3) is 11.5 Å². The largest absolute Gasteiger partial charge is 0.353 e. The lowest BCUT2D eigenvalue weighted by Gasteiger charge is -2.30. The minimum atomic E-state index is -0.428. The van der Waals surface area contributed by atoms with Gasteiger partial charge in [0.15, 0.2) is 0 Å². The monoisotopic (exact) mass is 607 g/mol. The molecule has 4 aromatic rings. The van der Waals surface area contributed by atoms with E-state index in [-0.39, 0.29) is 17.5 Å². The van der Waals surface area contributed by atoms with E-state index >= 15 is 0 Å². The zero-order valence-corrected chi connectivity index (χ0v) is 26.3. The molecule has 0 radical (unpaired) electrons. The second-order valence-electron chi connectivity index (χ2n) is 14.2. The molecule has 1 N–H and O–H groups in total. The number of carbonyl (C=O) groups is 1. The van der Waals surface area contributed by atoms with E-state index in [4.69, 9.17) is 4.98 Å². The Morgan fingerprint density at radius 2 is 1.78 bits per heavy atom. The average Bonchev–Trinajstić information content (AvgIpc) is 3.96. The molecule has 0 spiro atoms. The van der Waals surface area contributed by atoms with Gasteiger partial charge < -0.3 is 9.88 Å². The van der Waals surface area contributed by atoms with Crippen LogP contribution < -0.4 is 5.56 Å². The summed E-state index contributed by atoms with van der Waals surface area (Å²) in [6.07, 6.45) is 10.7. The maximum absolute atomic E-state index is 14.6.